The molecular weight excluding hydrogens is 202 g/mol. The Morgan fingerprint density at radius 1 is 1.00 bits per heavy atom. The number of aromatic nitrogens is 2. The van der Waals surface area contributed by atoms with E-state index in [-0.39, 0.29) is 11.0 Å². The van der Waals surface area contributed by atoms with Gasteiger partial charge in [-0.15, -0.1) is 10.2 Å². The lowest BCUT2D eigenvalue weighted by atomic mass is 9.92. The van der Waals surface area contributed by atoms with Crippen molar-refractivity contribution >= 4 is 0 Å². The van der Waals surface area contributed by atoms with Gasteiger partial charge in [0.2, 0.25) is 11.8 Å². The third kappa shape index (κ3) is 5.26. The first-order valence-electron chi connectivity index (χ1n) is 5.72. The molecule has 0 saturated heterocycles. The SMILES string of the molecule is CC(C)(C)Cc1nnc(CNC(C)(C)C)o1. The highest BCUT2D eigenvalue weighted by Crippen LogP contribution is 2.19. The van der Waals surface area contributed by atoms with Crippen molar-refractivity contribution in [2.75, 3.05) is 0 Å². The molecule has 1 aromatic rings. The Morgan fingerprint density at radius 2 is 1.56 bits per heavy atom. The lowest BCUT2D eigenvalue weighted by Gasteiger charge is -2.18. The summed E-state index contributed by atoms with van der Waals surface area (Å²) in [6, 6.07) is 0. The third-order valence-electron chi connectivity index (χ3n) is 1.96. The van der Waals surface area contributed by atoms with Crippen LogP contribution in [-0.2, 0) is 13.0 Å². The molecule has 4 nitrogen and oxygen atoms in total. The Hall–Kier alpha value is -0.900. The minimum absolute atomic E-state index is 0.0681. The Balaban J connectivity index is 2.52. The van der Waals surface area contributed by atoms with Crippen molar-refractivity contribution in [3.8, 4) is 0 Å². The maximum absolute atomic E-state index is 5.57. The monoisotopic (exact) mass is 225 g/mol. The molecule has 0 amide bonds. The van der Waals surface area contributed by atoms with Crippen molar-refractivity contribution in [3.63, 3.8) is 0 Å². The summed E-state index contributed by atoms with van der Waals surface area (Å²) in [5.41, 5.74) is 0.250. The summed E-state index contributed by atoms with van der Waals surface area (Å²) in [5.74, 6) is 1.38. The van der Waals surface area contributed by atoms with Crippen LogP contribution in [0.3, 0.4) is 0 Å². The zero-order valence-electron chi connectivity index (χ0n) is 11.2. The Kier molecular flexibility index (Phi) is 3.73. The van der Waals surface area contributed by atoms with Crippen LogP contribution in [0.25, 0.3) is 0 Å². The second kappa shape index (κ2) is 4.53. The van der Waals surface area contributed by atoms with Gasteiger partial charge in [-0.05, 0) is 26.2 Å². The van der Waals surface area contributed by atoms with Gasteiger partial charge in [-0.1, -0.05) is 20.8 Å². The molecule has 0 aliphatic rings. The standard InChI is InChI=1S/C12H23N3O/c1-11(2,3)7-9-14-15-10(16-9)8-13-12(4,5)6/h13H,7-8H2,1-6H3. The van der Waals surface area contributed by atoms with Crippen molar-refractivity contribution in [2.45, 2.75) is 60.0 Å². The number of nitrogens with one attached hydrogen (secondary N) is 1. The molecule has 0 atom stereocenters. The molecule has 16 heavy (non-hydrogen) atoms. The second-order valence-corrected chi connectivity index (χ2v) is 6.43. The molecule has 0 aliphatic heterocycles. The molecule has 0 aliphatic carbocycles. The van der Waals surface area contributed by atoms with Crippen LogP contribution in [-0.4, -0.2) is 15.7 Å². The molecule has 0 aromatic carbocycles. The molecular formula is C12H23N3O. The average molecular weight is 225 g/mol. The van der Waals surface area contributed by atoms with Crippen LogP contribution < -0.4 is 5.32 Å². The van der Waals surface area contributed by atoms with Crippen LogP contribution in [0.1, 0.15) is 53.3 Å². The number of nitrogens with zero attached hydrogens (tertiary/aromatic N) is 2. The van der Waals surface area contributed by atoms with E-state index in [9.17, 15) is 0 Å². The summed E-state index contributed by atoms with van der Waals surface area (Å²) in [4.78, 5) is 0. The summed E-state index contributed by atoms with van der Waals surface area (Å²) in [5, 5.41) is 11.4. The predicted molar refractivity (Wildman–Crippen MR) is 64.0 cm³/mol. The fraction of sp³-hybridized carbons (Fsp3) is 0.833. The maximum Gasteiger partial charge on any atom is 0.230 e. The lowest BCUT2D eigenvalue weighted by molar-refractivity contribution is 0.330. The summed E-state index contributed by atoms with van der Waals surface area (Å²) in [6.45, 7) is 13.4. The molecule has 1 N–H and O–H groups in total. The van der Waals surface area contributed by atoms with Crippen molar-refractivity contribution in [2.24, 2.45) is 5.41 Å². The third-order valence-corrected chi connectivity index (χ3v) is 1.96. The summed E-state index contributed by atoms with van der Waals surface area (Å²) < 4.78 is 5.57. The largest absolute Gasteiger partial charge is 0.424 e. The molecule has 92 valence electrons. The van der Waals surface area contributed by atoms with Gasteiger partial charge in [0.1, 0.15) is 0 Å². The molecule has 1 heterocycles. The Morgan fingerprint density at radius 3 is 2.06 bits per heavy atom. The smallest absolute Gasteiger partial charge is 0.230 e. The normalized spacial score (nSPS) is 13.1. The quantitative estimate of drug-likeness (QED) is 0.859. The van der Waals surface area contributed by atoms with Crippen LogP contribution in [0.2, 0.25) is 0 Å². The molecule has 0 saturated carbocycles. The van der Waals surface area contributed by atoms with Gasteiger partial charge >= 0.3 is 0 Å². The maximum atomic E-state index is 5.57. The first-order valence-corrected chi connectivity index (χ1v) is 5.72. The summed E-state index contributed by atoms with van der Waals surface area (Å²) in [7, 11) is 0. The van der Waals surface area contributed by atoms with Gasteiger partial charge in [-0.3, -0.25) is 0 Å². The van der Waals surface area contributed by atoms with E-state index in [0.717, 1.165) is 12.3 Å². The molecule has 0 radical (unpaired) electrons. The minimum atomic E-state index is 0.0681. The number of rotatable bonds is 3. The van der Waals surface area contributed by atoms with Crippen molar-refractivity contribution in [1.82, 2.24) is 15.5 Å². The van der Waals surface area contributed by atoms with Gasteiger partial charge in [-0.2, -0.15) is 0 Å². The number of hydrogen-bond donors (Lipinski definition) is 1. The van der Waals surface area contributed by atoms with E-state index in [0.29, 0.717) is 12.4 Å². The van der Waals surface area contributed by atoms with Gasteiger partial charge in [0.05, 0.1) is 6.54 Å². The summed E-state index contributed by atoms with van der Waals surface area (Å²) in [6.07, 6.45) is 0.815. The first kappa shape index (κ1) is 13.2. The van der Waals surface area contributed by atoms with Crippen LogP contribution in [0.4, 0.5) is 0 Å². The Labute approximate surface area is 97.8 Å². The predicted octanol–water partition coefficient (Wildman–Crippen LogP) is 2.55. The van der Waals surface area contributed by atoms with Crippen molar-refractivity contribution in [1.29, 1.82) is 0 Å². The van der Waals surface area contributed by atoms with E-state index in [1.54, 1.807) is 0 Å². The van der Waals surface area contributed by atoms with E-state index >= 15 is 0 Å². The van der Waals surface area contributed by atoms with E-state index in [4.69, 9.17) is 4.42 Å². The highest BCUT2D eigenvalue weighted by Gasteiger charge is 2.17. The fourth-order valence-electron chi connectivity index (χ4n) is 1.23. The van der Waals surface area contributed by atoms with E-state index in [1.165, 1.54) is 0 Å². The van der Waals surface area contributed by atoms with E-state index < -0.39 is 0 Å². The molecule has 1 rings (SSSR count). The highest BCUT2D eigenvalue weighted by atomic mass is 16.4. The molecule has 1 aromatic heterocycles. The topological polar surface area (TPSA) is 51.0 Å². The van der Waals surface area contributed by atoms with Crippen LogP contribution in [0, 0.1) is 5.41 Å². The zero-order valence-corrected chi connectivity index (χ0v) is 11.2. The average Bonchev–Trinajstić information content (AvgIpc) is 2.44. The fourth-order valence-corrected chi connectivity index (χ4v) is 1.23. The Bertz CT molecular complexity index is 331. The van der Waals surface area contributed by atoms with Gasteiger partial charge < -0.3 is 9.73 Å². The molecule has 0 spiro atoms. The second-order valence-electron chi connectivity index (χ2n) is 6.43. The van der Waals surface area contributed by atoms with Crippen LogP contribution in [0.15, 0.2) is 4.42 Å². The highest BCUT2D eigenvalue weighted by molar-refractivity contribution is 4.86. The summed E-state index contributed by atoms with van der Waals surface area (Å²) >= 11 is 0. The van der Waals surface area contributed by atoms with Crippen molar-refractivity contribution in [3.05, 3.63) is 11.8 Å². The van der Waals surface area contributed by atoms with E-state index in [1.807, 2.05) is 0 Å². The van der Waals surface area contributed by atoms with E-state index in [2.05, 4.69) is 57.1 Å². The van der Waals surface area contributed by atoms with Crippen LogP contribution >= 0.6 is 0 Å². The van der Waals surface area contributed by atoms with Crippen LogP contribution in [0.5, 0.6) is 0 Å². The number of hydrogen-bond acceptors (Lipinski definition) is 4. The van der Waals surface area contributed by atoms with Crippen molar-refractivity contribution < 1.29 is 4.42 Å². The minimum Gasteiger partial charge on any atom is -0.424 e. The first-order chi connectivity index (χ1) is 7.16. The van der Waals surface area contributed by atoms with Gasteiger partial charge in [-0.25, -0.2) is 0 Å². The van der Waals surface area contributed by atoms with Gasteiger partial charge in [0, 0.05) is 12.0 Å². The van der Waals surface area contributed by atoms with Gasteiger partial charge in [0.25, 0.3) is 0 Å². The molecule has 4 heteroatoms. The zero-order chi connectivity index (χ0) is 12.4. The van der Waals surface area contributed by atoms with Gasteiger partial charge in [0.15, 0.2) is 0 Å². The molecule has 0 bridgehead atoms. The molecule has 0 unspecified atom stereocenters. The molecule has 0 fully saturated rings. The lowest BCUT2D eigenvalue weighted by Crippen LogP contribution is -2.35.